The lowest BCUT2D eigenvalue weighted by Crippen LogP contribution is -2.42. The molecule has 2 unspecified atom stereocenters. The fourth-order valence-electron chi connectivity index (χ4n) is 2.02. The lowest BCUT2D eigenvalue weighted by molar-refractivity contribution is 0.260. The van der Waals surface area contributed by atoms with Gasteiger partial charge >= 0.3 is 0 Å². The van der Waals surface area contributed by atoms with Crippen LogP contribution in [0.25, 0.3) is 0 Å². The monoisotopic (exact) mass is 208 g/mol. The number of nitrogens with one attached hydrogen (secondary N) is 1. The van der Waals surface area contributed by atoms with Gasteiger partial charge in [0.2, 0.25) is 0 Å². The quantitative estimate of drug-likeness (QED) is 0.711. The highest BCUT2D eigenvalue weighted by molar-refractivity contribution is 4.98. The van der Waals surface area contributed by atoms with Gasteiger partial charge in [-0.15, -0.1) is 5.92 Å². The topological polar surface area (TPSA) is 15.3 Å². The molecule has 0 amide bonds. The molecule has 1 N–H and O–H groups in total. The highest BCUT2D eigenvalue weighted by atomic mass is 15.2. The molecule has 2 atom stereocenters. The first-order valence-electron chi connectivity index (χ1n) is 6.13. The minimum Gasteiger partial charge on any atom is -0.312 e. The first-order chi connectivity index (χ1) is 7.27. The lowest BCUT2D eigenvalue weighted by atomic mass is 9.99. The van der Waals surface area contributed by atoms with Crippen molar-refractivity contribution in [2.45, 2.75) is 39.7 Å². The summed E-state index contributed by atoms with van der Waals surface area (Å²) in [7, 11) is 0. The van der Waals surface area contributed by atoms with E-state index in [1.807, 2.05) is 6.92 Å². The van der Waals surface area contributed by atoms with E-state index in [2.05, 4.69) is 35.9 Å². The van der Waals surface area contributed by atoms with Crippen LogP contribution in [0.2, 0.25) is 0 Å². The number of nitrogens with zero attached hydrogens (tertiary/aromatic N) is 1. The zero-order valence-corrected chi connectivity index (χ0v) is 10.3. The molecule has 0 aromatic rings. The molecule has 0 aliphatic carbocycles. The summed E-state index contributed by atoms with van der Waals surface area (Å²) in [6.45, 7) is 11.0. The van der Waals surface area contributed by atoms with Crippen LogP contribution in [0.5, 0.6) is 0 Å². The van der Waals surface area contributed by atoms with Crippen LogP contribution in [-0.2, 0) is 0 Å². The van der Waals surface area contributed by atoms with E-state index in [0.717, 1.165) is 25.6 Å². The van der Waals surface area contributed by atoms with E-state index >= 15 is 0 Å². The van der Waals surface area contributed by atoms with Crippen molar-refractivity contribution in [2.75, 3.05) is 26.2 Å². The molecular weight excluding hydrogens is 184 g/mol. The number of hydrogen-bond acceptors (Lipinski definition) is 2. The van der Waals surface area contributed by atoms with Crippen molar-refractivity contribution >= 4 is 0 Å². The Labute approximate surface area is 94.4 Å². The van der Waals surface area contributed by atoms with Crippen LogP contribution >= 0.6 is 0 Å². The van der Waals surface area contributed by atoms with Crippen LogP contribution in [0.3, 0.4) is 0 Å². The third-order valence-corrected chi connectivity index (χ3v) is 3.32. The first-order valence-corrected chi connectivity index (χ1v) is 6.13. The van der Waals surface area contributed by atoms with Gasteiger partial charge in [0.1, 0.15) is 0 Å². The maximum Gasteiger partial charge on any atom is 0.0602 e. The van der Waals surface area contributed by atoms with Crippen LogP contribution < -0.4 is 5.32 Å². The largest absolute Gasteiger partial charge is 0.312 e. The average Bonchev–Trinajstić information content (AvgIpc) is 2.50. The van der Waals surface area contributed by atoms with Crippen molar-refractivity contribution in [3.8, 4) is 11.8 Å². The summed E-state index contributed by atoms with van der Waals surface area (Å²) in [5.74, 6) is 6.92. The van der Waals surface area contributed by atoms with E-state index in [4.69, 9.17) is 0 Å². The normalized spacial score (nSPS) is 25.1. The highest BCUT2D eigenvalue weighted by Crippen LogP contribution is 2.11. The lowest BCUT2D eigenvalue weighted by Gasteiger charge is -2.26. The Morgan fingerprint density at radius 1 is 1.53 bits per heavy atom. The van der Waals surface area contributed by atoms with E-state index in [9.17, 15) is 0 Å². The zero-order chi connectivity index (χ0) is 11.1. The predicted molar refractivity (Wildman–Crippen MR) is 65.8 cm³/mol. The Morgan fingerprint density at radius 2 is 2.33 bits per heavy atom. The summed E-state index contributed by atoms with van der Waals surface area (Å²) < 4.78 is 0. The van der Waals surface area contributed by atoms with Crippen LogP contribution in [0, 0.1) is 17.8 Å². The summed E-state index contributed by atoms with van der Waals surface area (Å²) in [5, 5.41) is 3.65. The molecule has 0 aromatic heterocycles. The highest BCUT2D eigenvalue weighted by Gasteiger charge is 2.20. The second-order valence-electron chi connectivity index (χ2n) is 4.46. The van der Waals surface area contributed by atoms with Crippen LogP contribution in [0.4, 0.5) is 0 Å². The third kappa shape index (κ3) is 4.24. The molecule has 1 rings (SSSR count). The fraction of sp³-hybridized carbons (Fsp3) is 0.846. The molecule has 2 heteroatoms. The van der Waals surface area contributed by atoms with Gasteiger partial charge in [0, 0.05) is 19.1 Å². The standard InChI is InChI=1S/C13H24N2/c1-4-6-9-15-10-7-8-14-13(11-15)12(3)5-2/h12-14H,5,7-11H2,1-3H3. The molecule has 1 aliphatic rings. The van der Waals surface area contributed by atoms with Gasteiger partial charge in [0.15, 0.2) is 0 Å². The van der Waals surface area contributed by atoms with E-state index < -0.39 is 0 Å². The molecule has 0 radical (unpaired) electrons. The van der Waals surface area contributed by atoms with E-state index in [0.29, 0.717) is 6.04 Å². The number of rotatable bonds is 3. The van der Waals surface area contributed by atoms with Crippen LogP contribution in [-0.4, -0.2) is 37.1 Å². The van der Waals surface area contributed by atoms with Gasteiger partial charge in [-0.05, 0) is 25.8 Å². The van der Waals surface area contributed by atoms with Gasteiger partial charge in [-0.2, -0.15) is 0 Å². The molecule has 1 heterocycles. The molecule has 1 aliphatic heterocycles. The minimum atomic E-state index is 0.649. The van der Waals surface area contributed by atoms with Crippen molar-refractivity contribution < 1.29 is 0 Å². The molecule has 2 nitrogen and oxygen atoms in total. The van der Waals surface area contributed by atoms with Gasteiger partial charge in [-0.3, -0.25) is 4.90 Å². The summed E-state index contributed by atoms with van der Waals surface area (Å²) in [6, 6.07) is 0.649. The maximum atomic E-state index is 3.65. The zero-order valence-electron chi connectivity index (χ0n) is 10.3. The third-order valence-electron chi connectivity index (χ3n) is 3.32. The smallest absolute Gasteiger partial charge is 0.0602 e. The summed E-state index contributed by atoms with van der Waals surface area (Å²) in [4.78, 5) is 2.48. The Bertz CT molecular complexity index is 226. The molecule has 15 heavy (non-hydrogen) atoms. The summed E-state index contributed by atoms with van der Waals surface area (Å²) in [6.07, 6.45) is 2.50. The molecular formula is C13H24N2. The van der Waals surface area contributed by atoms with Gasteiger partial charge in [-0.1, -0.05) is 26.2 Å². The fourth-order valence-corrected chi connectivity index (χ4v) is 2.02. The van der Waals surface area contributed by atoms with Crippen molar-refractivity contribution in [2.24, 2.45) is 5.92 Å². The minimum absolute atomic E-state index is 0.649. The van der Waals surface area contributed by atoms with Crippen LogP contribution in [0.15, 0.2) is 0 Å². The number of hydrogen-bond donors (Lipinski definition) is 1. The maximum absolute atomic E-state index is 3.65. The molecule has 0 bridgehead atoms. The average molecular weight is 208 g/mol. The van der Waals surface area contributed by atoms with Crippen molar-refractivity contribution in [3.05, 3.63) is 0 Å². The second-order valence-corrected chi connectivity index (χ2v) is 4.46. The van der Waals surface area contributed by atoms with Crippen molar-refractivity contribution in [3.63, 3.8) is 0 Å². The molecule has 1 saturated heterocycles. The van der Waals surface area contributed by atoms with Gasteiger partial charge in [0.25, 0.3) is 0 Å². The second kappa shape index (κ2) is 6.87. The summed E-state index contributed by atoms with van der Waals surface area (Å²) in [5.41, 5.74) is 0. The van der Waals surface area contributed by atoms with E-state index in [-0.39, 0.29) is 0 Å². The summed E-state index contributed by atoms with van der Waals surface area (Å²) >= 11 is 0. The predicted octanol–water partition coefficient (Wildman–Crippen LogP) is 1.72. The molecule has 0 saturated carbocycles. The van der Waals surface area contributed by atoms with Crippen LogP contribution in [0.1, 0.15) is 33.6 Å². The van der Waals surface area contributed by atoms with E-state index in [1.54, 1.807) is 0 Å². The van der Waals surface area contributed by atoms with E-state index in [1.165, 1.54) is 19.4 Å². The first kappa shape index (κ1) is 12.5. The van der Waals surface area contributed by atoms with Gasteiger partial charge < -0.3 is 5.32 Å². The SMILES string of the molecule is CC#CCN1CCCNC(C(C)CC)C1. The van der Waals surface area contributed by atoms with Gasteiger partial charge in [-0.25, -0.2) is 0 Å². The van der Waals surface area contributed by atoms with Crippen molar-refractivity contribution in [1.29, 1.82) is 0 Å². The molecule has 0 aromatic carbocycles. The molecule has 0 spiro atoms. The Balaban J connectivity index is 2.47. The molecule has 86 valence electrons. The van der Waals surface area contributed by atoms with Crippen molar-refractivity contribution in [1.82, 2.24) is 10.2 Å². The van der Waals surface area contributed by atoms with Gasteiger partial charge in [0.05, 0.1) is 6.54 Å². The molecule has 1 fully saturated rings. The Hall–Kier alpha value is -0.520. The Kier molecular flexibility index (Phi) is 5.75. The Morgan fingerprint density at radius 3 is 3.00 bits per heavy atom.